The fourth-order valence-electron chi connectivity index (χ4n) is 4.16. The molecule has 1 amide bonds. The Morgan fingerprint density at radius 1 is 0.935 bits per heavy atom. The molecule has 4 rings (SSSR count). The van der Waals surface area contributed by atoms with Gasteiger partial charge in [-0.1, -0.05) is 38.0 Å². The van der Waals surface area contributed by atoms with Crippen LogP contribution in [0.5, 0.6) is 0 Å². The molecule has 0 saturated carbocycles. The van der Waals surface area contributed by atoms with Gasteiger partial charge in [-0.25, -0.2) is 13.2 Å². The summed E-state index contributed by atoms with van der Waals surface area (Å²) >= 11 is 0. The minimum Gasteiger partial charge on any atom is -0.366 e. The highest BCUT2D eigenvalue weighted by Crippen LogP contribution is 2.33. The van der Waals surface area contributed by atoms with E-state index >= 15 is 0 Å². The second-order valence-electron chi connectivity index (χ2n) is 7.82. The largest absolute Gasteiger partial charge is 0.366 e. The van der Waals surface area contributed by atoms with Gasteiger partial charge in [0.15, 0.2) is 11.6 Å². The number of aromatic nitrogens is 1. The van der Waals surface area contributed by atoms with Gasteiger partial charge in [-0.2, -0.15) is 0 Å². The molecule has 4 aromatic rings. The van der Waals surface area contributed by atoms with Crippen molar-refractivity contribution in [2.45, 2.75) is 39.2 Å². The summed E-state index contributed by atoms with van der Waals surface area (Å²) in [6.45, 7) is 2.13. The molecule has 6 heteroatoms. The summed E-state index contributed by atoms with van der Waals surface area (Å²) in [7, 11) is 0. The predicted octanol–water partition coefficient (Wildman–Crippen LogP) is 6.09. The lowest BCUT2D eigenvalue weighted by Crippen LogP contribution is -2.11. The van der Waals surface area contributed by atoms with E-state index in [0.29, 0.717) is 22.5 Å². The number of fused-ring (bicyclic) bond motifs is 3. The van der Waals surface area contributed by atoms with Crippen molar-refractivity contribution in [3.8, 4) is 0 Å². The molecular weight excluding hydrogens is 401 g/mol. The van der Waals surface area contributed by atoms with Crippen molar-refractivity contribution in [2.24, 2.45) is 5.73 Å². The van der Waals surface area contributed by atoms with E-state index in [2.05, 4.69) is 6.92 Å². The minimum absolute atomic E-state index is 0.0103. The first kappa shape index (κ1) is 21.0. The van der Waals surface area contributed by atoms with Crippen molar-refractivity contribution in [3.63, 3.8) is 0 Å². The molecule has 2 N–H and O–H groups in total. The van der Waals surface area contributed by atoms with Crippen LogP contribution in [0.15, 0.2) is 48.5 Å². The van der Waals surface area contributed by atoms with Crippen molar-refractivity contribution in [2.75, 3.05) is 0 Å². The number of nitrogens with zero attached hydrogens (tertiary/aromatic N) is 1. The van der Waals surface area contributed by atoms with Gasteiger partial charge in [-0.05, 0) is 42.7 Å². The molecule has 0 aliphatic heterocycles. The third-order valence-electron chi connectivity index (χ3n) is 5.71. The topological polar surface area (TPSA) is 48.0 Å². The van der Waals surface area contributed by atoms with Gasteiger partial charge in [-0.3, -0.25) is 4.79 Å². The zero-order valence-corrected chi connectivity index (χ0v) is 17.2. The molecule has 0 aliphatic rings. The number of unbranched alkanes of at least 4 members (excludes halogenated alkanes) is 2. The van der Waals surface area contributed by atoms with E-state index in [1.54, 1.807) is 12.1 Å². The van der Waals surface area contributed by atoms with Crippen LogP contribution in [0.25, 0.3) is 21.8 Å². The third-order valence-corrected chi connectivity index (χ3v) is 5.71. The van der Waals surface area contributed by atoms with Gasteiger partial charge in [-0.15, -0.1) is 0 Å². The van der Waals surface area contributed by atoms with Crippen molar-refractivity contribution in [1.82, 2.24) is 4.57 Å². The van der Waals surface area contributed by atoms with Crippen molar-refractivity contribution in [3.05, 3.63) is 82.7 Å². The number of halogens is 3. The van der Waals surface area contributed by atoms with Gasteiger partial charge >= 0.3 is 0 Å². The van der Waals surface area contributed by atoms with Gasteiger partial charge in [0.05, 0.1) is 12.1 Å². The number of primary amides is 1. The quantitative estimate of drug-likeness (QED) is 0.283. The summed E-state index contributed by atoms with van der Waals surface area (Å²) in [6, 6.07) is 12.6. The molecule has 0 unspecified atom stereocenters. The van der Waals surface area contributed by atoms with Gasteiger partial charge in [0, 0.05) is 33.5 Å². The molecule has 1 aromatic heterocycles. The van der Waals surface area contributed by atoms with E-state index in [1.807, 2.05) is 28.8 Å². The number of amides is 1. The lowest BCUT2D eigenvalue weighted by atomic mass is 10.0. The highest BCUT2D eigenvalue weighted by Gasteiger charge is 2.18. The molecule has 1 heterocycles. The zero-order chi connectivity index (χ0) is 22.1. The standard InChI is InChI=1S/C25H23F3N2O/c1-2-3-4-6-15-9-10-17-23(11-15)30(14-16-12-20(27)21(28)13-19(16)26)22-8-5-7-18(24(17)22)25(29)31/h5,7-13H,2-4,6,14H2,1H3,(H2,29,31). The lowest BCUT2D eigenvalue weighted by molar-refractivity contribution is 0.100. The molecule has 0 fully saturated rings. The first-order valence-electron chi connectivity index (χ1n) is 10.4. The molecule has 0 bridgehead atoms. The average molecular weight is 424 g/mol. The van der Waals surface area contributed by atoms with Crippen LogP contribution in [-0.4, -0.2) is 10.5 Å². The van der Waals surface area contributed by atoms with Crippen LogP contribution in [-0.2, 0) is 13.0 Å². The number of aryl methyl sites for hydroxylation is 1. The zero-order valence-electron chi connectivity index (χ0n) is 17.2. The maximum absolute atomic E-state index is 14.4. The summed E-state index contributed by atoms with van der Waals surface area (Å²) < 4.78 is 43.5. The fourth-order valence-corrected chi connectivity index (χ4v) is 4.16. The van der Waals surface area contributed by atoms with Gasteiger partial charge in [0.25, 0.3) is 0 Å². The summed E-state index contributed by atoms with van der Waals surface area (Å²) in [5.41, 5.74) is 8.59. The number of nitrogens with two attached hydrogens (primary N) is 1. The van der Waals surface area contributed by atoms with Crippen LogP contribution in [0.3, 0.4) is 0 Å². The van der Waals surface area contributed by atoms with Gasteiger partial charge in [0.1, 0.15) is 5.82 Å². The maximum atomic E-state index is 14.4. The van der Waals surface area contributed by atoms with Crippen molar-refractivity contribution >= 4 is 27.7 Å². The van der Waals surface area contributed by atoms with E-state index in [0.717, 1.165) is 48.2 Å². The molecule has 3 nitrogen and oxygen atoms in total. The molecule has 0 radical (unpaired) electrons. The number of carbonyl (C=O) groups is 1. The Morgan fingerprint density at radius 2 is 1.71 bits per heavy atom. The normalized spacial score (nSPS) is 11.5. The van der Waals surface area contributed by atoms with E-state index in [-0.39, 0.29) is 12.1 Å². The number of hydrogen-bond acceptors (Lipinski definition) is 1. The monoisotopic (exact) mass is 424 g/mol. The number of benzene rings is 3. The van der Waals surface area contributed by atoms with Crippen LogP contribution in [0.4, 0.5) is 13.2 Å². The first-order chi connectivity index (χ1) is 14.9. The molecule has 160 valence electrons. The van der Waals surface area contributed by atoms with Crippen molar-refractivity contribution < 1.29 is 18.0 Å². The van der Waals surface area contributed by atoms with E-state index in [1.165, 1.54) is 0 Å². The Balaban J connectivity index is 1.94. The minimum atomic E-state index is -1.22. The number of hydrogen-bond donors (Lipinski definition) is 1. The van der Waals surface area contributed by atoms with Crippen molar-refractivity contribution in [1.29, 1.82) is 0 Å². The highest BCUT2D eigenvalue weighted by molar-refractivity contribution is 6.18. The molecule has 0 spiro atoms. The third kappa shape index (κ3) is 3.90. The van der Waals surface area contributed by atoms with Crippen LogP contribution in [0.1, 0.15) is 47.7 Å². The smallest absolute Gasteiger partial charge is 0.249 e. The summed E-state index contributed by atoms with van der Waals surface area (Å²) in [4.78, 5) is 12.1. The van der Waals surface area contributed by atoms with Crippen LogP contribution < -0.4 is 5.73 Å². The molecule has 0 aliphatic carbocycles. The Morgan fingerprint density at radius 3 is 2.45 bits per heavy atom. The van der Waals surface area contributed by atoms with E-state index in [9.17, 15) is 18.0 Å². The second-order valence-corrected chi connectivity index (χ2v) is 7.82. The van der Waals surface area contributed by atoms with Gasteiger partial charge in [0.2, 0.25) is 5.91 Å². The lowest BCUT2D eigenvalue weighted by Gasteiger charge is -2.10. The predicted molar refractivity (Wildman–Crippen MR) is 117 cm³/mol. The first-order valence-corrected chi connectivity index (χ1v) is 10.4. The van der Waals surface area contributed by atoms with Crippen LogP contribution in [0, 0.1) is 17.5 Å². The van der Waals surface area contributed by atoms with Crippen LogP contribution >= 0.6 is 0 Å². The summed E-state index contributed by atoms with van der Waals surface area (Å²) in [5, 5.41) is 1.49. The fraction of sp³-hybridized carbons (Fsp3) is 0.240. The highest BCUT2D eigenvalue weighted by atomic mass is 19.2. The molecule has 0 atom stereocenters. The Bertz CT molecular complexity index is 1290. The summed E-state index contributed by atoms with van der Waals surface area (Å²) in [6.07, 6.45) is 4.17. The summed E-state index contributed by atoms with van der Waals surface area (Å²) in [5.74, 6) is -3.71. The maximum Gasteiger partial charge on any atom is 0.249 e. The number of rotatable bonds is 7. The molecule has 0 saturated heterocycles. The SMILES string of the molecule is CCCCCc1ccc2c3c(C(N)=O)cccc3n(Cc3cc(F)c(F)cc3F)c2c1. The van der Waals surface area contributed by atoms with Gasteiger partial charge < -0.3 is 10.3 Å². The average Bonchev–Trinajstić information content (AvgIpc) is 3.05. The van der Waals surface area contributed by atoms with E-state index in [4.69, 9.17) is 5.73 Å². The van der Waals surface area contributed by atoms with Crippen LogP contribution in [0.2, 0.25) is 0 Å². The Labute approximate surface area is 178 Å². The molecule has 3 aromatic carbocycles. The Kier molecular flexibility index (Phi) is 5.72. The number of carbonyl (C=O) groups excluding carboxylic acids is 1. The molecule has 31 heavy (non-hydrogen) atoms. The second kappa shape index (κ2) is 8.46. The Hall–Kier alpha value is -3.28. The molecular formula is C25H23F3N2O. The van der Waals surface area contributed by atoms with E-state index < -0.39 is 23.4 Å².